The molecule has 0 radical (unpaired) electrons. The first-order valence-corrected chi connectivity index (χ1v) is 11.1. The number of hydrogen-bond acceptors (Lipinski definition) is 4. The summed E-state index contributed by atoms with van der Waals surface area (Å²) in [6.45, 7) is 6.36. The molecule has 4 aliphatic rings. The van der Waals surface area contributed by atoms with Gasteiger partial charge >= 0.3 is 5.97 Å². The molecule has 27 heavy (non-hydrogen) atoms. The Morgan fingerprint density at radius 2 is 1.81 bits per heavy atom. The number of hydrogen-bond donors (Lipinski definition) is 2. The fraction of sp³-hybridized carbons (Fsp3) is 0.870. The van der Waals surface area contributed by atoms with Gasteiger partial charge < -0.3 is 14.9 Å². The third-order valence-electron chi connectivity index (χ3n) is 8.68. The summed E-state index contributed by atoms with van der Waals surface area (Å²) >= 11 is 0. The predicted molar refractivity (Wildman–Crippen MR) is 104 cm³/mol. The van der Waals surface area contributed by atoms with Gasteiger partial charge in [0.05, 0.1) is 17.8 Å². The van der Waals surface area contributed by atoms with Gasteiger partial charge in [-0.15, -0.1) is 0 Å². The molecular formula is C23H36O4. The summed E-state index contributed by atoms with van der Waals surface area (Å²) in [4.78, 5) is 12.3. The number of allylic oxidation sites excluding steroid dienone is 1. The molecule has 0 aliphatic heterocycles. The van der Waals surface area contributed by atoms with Crippen LogP contribution in [0.3, 0.4) is 0 Å². The highest BCUT2D eigenvalue weighted by Crippen LogP contribution is 2.62. The molecule has 0 aromatic heterocycles. The monoisotopic (exact) mass is 376 g/mol. The zero-order chi connectivity index (χ0) is 19.4. The van der Waals surface area contributed by atoms with Crippen LogP contribution in [0.15, 0.2) is 11.3 Å². The number of carbonyl (C=O) groups is 1. The topological polar surface area (TPSA) is 66.8 Å². The molecule has 152 valence electrons. The molecule has 0 saturated heterocycles. The minimum absolute atomic E-state index is 0.269. The fourth-order valence-electron chi connectivity index (χ4n) is 7.41. The number of carbonyl (C=O) groups excluding carboxylic acids is 1. The van der Waals surface area contributed by atoms with Gasteiger partial charge in [-0.1, -0.05) is 6.92 Å². The summed E-state index contributed by atoms with van der Waals surface area (Å²) in [6.07, 6.45) is 9.21. The molecule has 0 unspecified atom stereocenters. The number of ether oxygens (including phenoxy) is 1. The van der Waals surface area contributed by atoms with E-state index in [2.05, 4.69) is 6.92 Å². The summed E-state index contributed by atoms with van der Waals surface area (Å²) in [5.41, 5.74) is -0.219. The van der Waals surface area contributed by atoms with Crippen molar-refractivity contribution >= 4 is 5.97 Å². The third kappa shape index (κ3) is 3.12. The lowest BCUT2D eigenvalue weighted by Crippen LogP contribution is -2.52. The molecular weight excluding hydrogens is 340 g/mol. The Hall–Kier alpha value is -1.03. The van der Waals surface area contributed by atoms with Crippen LogP contribution in [-0.2, 0) is 9.53 Å². The molecule has 0 aromatic rings. The molecule has 0 heterocycles. The number of fused-ring (bicyclic) bond motifs is 5. The fourth-order valence-corrected chi connectivity index (χ4v) is 7.41. The molecule has 0 aromatic carbocycles. The van der Waals surface area contributed by atoms with Crippen molar-refractivity contribution in [1.82, 2.24) is 0 Å². The van der Waals surface area contributed by atoms with Gasteiger partial charge in [0.25, 0.3) is 0 Å². The third-order valence-corrected chi connectivity index (χ3v) is 8.68. The van der Waals surface area contributed by atoms with E-state index in [4.69, 9.17) is 4.74 Å². The van der Waals surface area contributed by atoms with Crippen molar-refractivity contribution in [2.24, 2.45) is 35.0 Å². The van der Waals surface area contributed by atoms with Gasteiger partial charge in [-0.25, -0.2) is 4.79 Å². The molecule has 4 nitrogen and oxygen atoms in total. The van der Waals surface area contributed by atoms with Crippen LogP contribution in [0.2, 0.25) is 0 Å². The second kappa shape index (κ2) is 6.79. The Morgan fingerprint density at radius 1 is 1.07 bits per heavy atom. The normalized spacial score (nSPS) is 46.9. The highest BCUT2D eigenvalue weighted by molar-refractivity contribution is 5.89. The Kier molecular flexibility index (Phi) is 4.85. The summed E-state index contributed by atoms with van der Waals surface area (Å²) in [7, 11) is 0. The maximum absolute atomic E-state index is 12.3. The van der Waals surface area contributed by atoms with Gasteiger partial charge in [0.15, 0.2) is 0 Å². The molecule has 4 rings (SSSR count). The smallest absolute Gasteiger partial charge is 0.337 e. The molecule has 0 amide bonds. The van der Waals surface area contributed by atoms with Crippen LogP contribution < -0.4 is 0 Å². The van der Waals surface area contributed by atoms with Gasteiger partial charge in [-0.3, -0.25) is 0 Å². The van der Waals surface area contributed by atoms with Crippen molar-refractivity contribution in [1.29, 1.82) is 0 Å². The summed E-state index contributed by atoms with van der Waals surface area (Å²) in [5.74, 6) is 3.26. The summed E-state index contributed by atoms with van der Waals surface area (Å²) in [5, 5.41) is 21.6. The van der Waals surface area contributed by atoms with Crippen LogP contribution in [0, 0.1) is 35.0 Å². The SMILES string of the molecule is CCOC(=O)C1=C(O)[C@@]2(C)CC[C@H]3[C@@H](CC[C@@H]4C[C@](C)(O)CC[C@@H]43)[C@@H]2CC1. The second-order valence-corrected chi connectivity index (χ2v) is 10.2. The van der Waals surface area contributed by atoms with Crippen molar-refractivity contribution in [3.05, 3.63) is 11.3 Å². The first-order valence-electron chi connectivity index (χ1n) is 11.1. The molecule has 2 N–H and O–H groups in total. The number of rotatable bonds is 2. The van der Waals surface area contributed by atoms with E-state index in [0.29, 0.717) is 42.1 Å². The first kappa shape index (κ1) is 19.3. The lowest BCUT2D eigenvalue weighted by molar-refractivity contribution is -0.140. The van der Waals surface area contributed by atoms with E-state index in [1.807, 2.05) is 13.8 Å². The number of aliphatic hydroxyl groups is 2. The minimum Gasteiger partial charge on any atom is -0.511 e. The van der Waals surface area contributed by atoms with Crippen LogP contribution in [0.1, 0.15) is 78.6 Å². The van der Waals surface area contributed by atoms with Crippen LogP contribution in [0.25, 0.3) is 0 Å². The van der Waals surface area contributed by atoms with Gasteiger partial charge in [0.1, 0.15) is 5.76 Å². The van der Waals surface area contributed by atoms with Gasteiger partial charge in [-0.2, -0.15) is 0 Å². The van der Waals surface area contributed by atoms with Crippen LogP contribution in [-0.4, -0.2) is 28.4 Å². The molecule has 4 heteroatoms. The van der Waals surface area contributed by atoms with Crippen LogP contribution in [0.4, 0.5) is 0 Å². The van der Waals surface area contributed by atoms with E-state index in [-0.39, 0.29) is 11.4 Å². The molecule has 3 saturated carbocycles. The van der Waals surface area contributed by atoms with E-state index in [0.717, 1.165) is 50.4 Å². The predicted octanol–water partition coefficient (Wildman–Crippen LogP) is 4.77. The van der Waals surface area contributed by atoms with Crippen molar-refractivity contribution in [3.63, 3.8) is 0 Å². The zero-order valence-electron chi connectivity index (χ0n) is 17.2. The van der Waals surface area contributed by atoms with Crippen molar-refractivity contribution < 1.29 is 19.7 Å². The Balaban J connectivity index is 1.57. The molecule has 4 aliphatic carbocycles. The maximum Gasteiger partial charge on any atom is 0.337 e. The molecule has 7 atom stereocenters. The van der Waals surface area contributed by atoms with Gasteiger partial charge in [-0.05, 0) is 101 Å². The maximum atomic E-state index is 12.3. The van der Waals surface area contributed by atoms with Crippen molar-refractivity contribution in [2.75, 3.05) is 6.61 Å². The summed E-state index contributed by atoms with van der Waals surface area (Å²) in [6, 6.07) is 0. The van der Waals surface area contributed by atoms with Gasteiger partial charge in [0, 0.05) is 5.41 Å². The Labute approximate surface area is 163 Å². The van der Waals surface area contributed by atoms with Crippen molar-refractivity contribution in [2.45, 2.75) is 84.2 Å². The standard InChI is InChI=1S/C23H36O4/c1-4-27-21(25)18-7-8-19-17-6-5-14-13-22(2,26)11-9-15(14)16(17)10-12-23(19,3)20(18)24/h14-17,19,24,26H,4-13H2,1-3H3/t14-,15+,16-,17-,19+,22-,23+/m1/s1. The van der Waals surface area contributed by atoms with E-state index >= 15 is 0 Å². The Morgan fingerprint density at radius 3 is 2.56 bits per heavy atom. The van der Waals surface area contributed by atoms with Crippen LogP contribution >= 0.6 is 0 Å². The largest absolute Gasteiger partial charge is 0.511 e. The quantitative estimate of drug-likeness (QED) is 0.682. The number of aliphatic hydroxyl groups excluding tert-OH is 1. The second-order valence-electron chi connectivity index (χ2n) is 10.2. The molecule has 0 spiro atoms. The molecule has 3 fully saturated rings. The van der Waals surface area contributed by atoms with Gasteiger partial charge in [0.2, 0.25) is 0 Å². The average Bonchev–Trinajstić information content (AvgIpc) is 2.61. The van der Waals surface area contributed by atoms with E-state index in [9.17, 15) is 15.0 Å². The lowest BCUT2D eigenvalue weighted by atomic mass is 9.47. The highest BCUT2D eigenvalue weighted by atomic mass is 16.5. The Bertz CT molecular complexity index is 636. The number of esters is 1. The van der Waals surface area contributed by atoms with Crippen molar-refractivity contribution in [3.8, 4) is 0 Å². The molecule has 0 bridgehead atoms. The van der Waals surface area contributed by atoms with Crippen LogP contribution in [0.5, 0.6) is 0 Å². The highest BCUT2D eigenvalue weighted by Gasteiger charge is 2.56. The van der Waals surface area contributed by atoms with E-state index < -0.39 is 5.60 Å². The first-order chi connectivity index (χ1) is 12.8. The summed E-state index contributed by atoms with van der Waals surface area (Å²) < 4.78 is 5.19. The van der Waals surface area contributed by atoms with E-state index in [1.54, 1.807) is 0 Å². The average molecular weight is 377 g/mol. The zero-order valence-corrected chi connectivity index (χ0v) is 17.2. The lowest BCUT2D eigenvalue weighted by Gasteiger charge is -2.58. The van der Waals surface area contributed by atoms with E-state index in [1.165, 1.54) is 12.8 Å². The minimum atomic E-state index is -0.475.